The van der Waals surface area contributed by atoms with Crippen LogP contribution in [-0.2, 0) is 19.3 Å². The van der Waals surface area contributed by atoms with E-state index in [1.165, 1.54) is 0 Å². The van der Waals surface area contributed by atoms with Gasteiger partial charge in [0, 0.05) is 55.2 Å². The fourth-order valence-electron chi connectivity index (χ4n) is 4.70. The van der Waals surface area contributed by atoms with E-state index in [1.807, 2.05) is 29.3 Å². The average molecular weight is 409 g/mol. The first-order valence-corrected chi connectivity index (χ1v) is 11.2. The Bertz CT molecular complexity index is 863. The first-order chi connectivity index (χ1) is 14.7. The van der Waals surface area contributed by atoms with Gasteiger partial charge in [0.15, 0.2) is 0 Å². The molecule has 0 radical (unpaired) electrons. The van der Waals surface area contributed by atoms with E-state index in [-0.39, 0.29) is 17.9 Å². The maximum absolute atomic E-state index is 13.8. The Labute approximate surface area is 178 Å². The zero-order valence-electron chi connectivity index (χ0n) is 17.9. The number of hydrogen-bond acceptors (Lipinski definition) is 6. The number of nitrogens with two attached hydrogens (primary N) is 1. The van der Waals surface area contributed by atoms with E-state index in [0.717, 1.165) is 81.5 Å². The van der Waals surface area contributed by atoms with E-state index in [1.54, 1.807) is 0 Å². The van der Waals surface area contributed by atoms with E-state index in [4.69, 9.17) is 5.73 Å². The van der Waals surface area contributed by atoms with Gasteiger partial charge in [-0.15, -0.1) is 0 Å². The first kappa shape index (κ1) is 20.7. The molecule has 1 amide bonds. The molecule has 3 heterocycles. The summed E-state index contributed by atoms with van der Waals surface area (Å²) in [6, 6.07) is 6.16. The zero-order valence-corrected chi connectivity index (χ0v) is 17.9. The van der Waals surface area contributed by atoms with Crippen LogP contribution in [0.5, 0.6) is 0 Å². The van der Waals surface area contributed by atoms with Crippen molar-refractivity contribution in [3.05, 3.63) is 47.0 Å². The number of aryl methyl sites for hydroxylation is 1. The van der Waals surface area contributed by atoms with Gasteiger partial charge in [0.2, 0.25) is 5.95 Å². The molecule has 0 unspecified atom stereocenters. The third kappa shape index (κ3) is 4.61. The van der Waals surface area contributed by atoms with Gasteiger partial charge in [0.25, 0.3) is 5.91 Å². The molecule has 4 rings (SSSR count). The molecule has 1 aliphatic carbocycles. The third-order valence-electron chi connectivity index (χ3n) is 6.44. The summed E-state index contributed by atoms with van der Waals surface area (Å²) in [5.74, 6) is 0.220. The Hall–Kier alpha value is -2.54. The molecule has 160 valence electrons. The van der Waals surface area contributed by atoms with Crippen LogP contribution in [0.25, 0.3) is 0 Å². The van der Waals surface area contributed by atoms with Crippen molar-refractivity contribution in [1.29, 1.82) is 0 Å². The molecule has 2 aromatic heterocycles. The lowest BCUT2D eigenvalue weighted by atomic mass is 9.93. The number of hydrogen-bond donors (Lipinski definition) is 1. The lowest BCUT2D eigenvalue weighted by molar-refractivity contribution is 0.0572. The number of fused-ring (bicyclic) bond motifs is 1. The smallest absolute Gasteiger partial charge is 0.273 e. The van der Waals surface area contributed by atoms with Crippen LogP contribution in [0.1, 0.15) is 60.0 Å². The van der Waals surface area contributed by atoms with Crippen LogP contribution in [0, 0.1) is 0 Å². The normalized spacial score (nSPS) is 17.5. The predicted octanol–water partition coefficient (Wildman–Crippen LogP) is 2.50. The number of anilines is 1. The van der Waals surface area contributed by atoms with Crippen LogP contribution in [0.2, 0.25) is 0 Å². The average Bonchev–Trinajstić information content (AvgIpc) is 2.79. The predicted molar refractivity (Wildman–Crippen MR) is 117 cm³/mol. The highest BCUT2D eigenvalue weighted by atomic mass is 16.2. The fraction of sp³-hybridized carbons (Fsp3) is 0.565. The van der Waals surface area contributed by atoms with E-state index >= 15 is 0 Å². The second-order valence-electron chi connectivity index (χ2n) is 8.30. The van der Waals surface area contributed by atoms with Crippen LogP contribution >= 0.6 is 0 Å². The van der Waals surface area contributed by atoms with Crippen LogP contribution < -0.4 is 5.73 Å². The number of amides is 1. The van der Waals surface area contributed by atoms with Gasteiger partial charge in [-0.25, -0.2) is 9.97 Å². The molecule has 2 aromatic rings. The summed E-state index contributed by atoms with van der Waals surface area (Å²) >= 11 is 0. The summed E-state index contributed by atoms with van der Waals surface area (Å²) in [4.78, 5) is 31.6. The highest BCUT2D eigenvalue weighted by molar-refractivity contribution is 5.94. The van der Waals surface area contributed by atoms with Gasteiger partial charge in [-0.3, -0.25) is 9.78 Å². The Balaban J connectivity index is 1.60. The van der Waals surface area contributed by atoms with E-state index in [2.05, 4.69) is 26.8 Å². The van der Waals surface area contributed by atoms with Crippen molar-refractivity contribution in [2.24, 2.45) is 0 Å². The molecule has 1 fully saturated rings. The largest absolute Gasteiger partial charge is 0.368 e. The van der Waals surface area contributed by atoms with Crippen molar-refractivity contribution in [3.8, 4) is 0 Å². The van der Waals surface area contributed by atoms with Crippen molar-refractivity contribution in [3.63, 3.8) is 0 Å². The Kier molecular flexibility index (Phi) is 6.57. The molecular formula is C23H32N6O. The Morgan fingerprint density at radius 1 is 1.20 bits per heavy atom. The zero-order chi connectivity index (χ0) is 20.9. The van der Waals surface area contributed by atoms with Gasteiger partial charge in [-0.1, -0.05) is 13.0 Å². The maximum Gasteiger partial charge on any atom is 0.273 e. The molecule has 7 heteroatoms. The second-order valence-corrected chi connectivity index (χ2v) is 8.30. The van der Waals surface area contributed by atoms with Gasteiger partial charge < -0.3 is 15.5 Å². The minimum absolute atomic E-state index is 0.00753. The van der Waals surface area contributed by atoms with Crippen molar-refractivity contribution >= 4 is 11.9 Å². The molecule has 0 bridgehead atoms. The number of carbonyl (C=O) groups is 1. The molecule has 0 spiro atoms. The summed E-state index contributed by atoms with van der Waals surface area (Å²) in [5.41, 5.74) is 9.49. The molecular weight excluding hydrogens is 376 g/mol. The number of aromatic nitrogens is 3. The number of carbonyl (C=O) groups excluding carboxylic acids is 1. The molecule has 0 saturated carbocycles. The quantitative estimate of drug-likeness (QED) is 0.790. The monoisotopic (exact) mass is 408 g/mol. The maximum atomic E-state index is 13.8. The number of rotatable bonds is 6. The van der Waals surface area contributed by atoms with Crippen LogP contribution in [-0.4, -0.2) is 62.9 Å². The molecule has 7 nitrogen and oxygen atoms in total. The Morgan fingerprint density at radius 3 is 2.73 bits per heavy atom. The van der Waals surface area contributed by atoms with E-state index in [0.29, 0.717) is 12.2 Å². The molecule has 1 aliphatic heterocycles. The minimum atomic E-state index is 0.00753. The van der Waals surface area contributed by atoms with E-state index in [9.17, 15) is 4.79 Å². The van der Waals surface area contributed by atoms with Gasteiger partial charge in [-0.2, -0.15) is 0 Å². The number of nitrogen functional groups attached to an aromatic ring is 1. The highest BCUT2D eigenvalue weighted by Gasteiger charge is 2.31. The van der Waals surface area contributed by atoms with E-state index < -0.39 is 0 Å². The van der Waals surface area contributed by atoms with Gasteiger partial charge in [0.1, 0.15) is 5.69 Å². The molecule has 0 atom stereocenters. The summed E-state index contributed by atoms with van der Waals surface area (Å²) in [7, 11) is 0. The topological polar surface area (TPSA) is 88.2 Å². The van der Waals surface area contributed by atoms with Gasteiger partial charge in [0.05, 0.1) is 0 Å². The van der Waals surface area contributed by atoms with Crippen LogP contribution in [0.4, 0.5) is 5.95 Å². The van der Waals surface area contributed by atoms with Crippen LogP contribution in [0.3, 0.4) is 0 Å². The Morgan fingerprint density at radius 2 is 2.00 bits per heavy atom. The molecule has 0 aromatic carbocycles. The minimum Gasteiger partial charge on any atom is -0.368 e. The SMILES string of the molecule is CCN1CCC(N(CCc2ccccn2)C(=O)c2nc(N)nc3c2CCCC3)CC1. The summed E-state index contributed by atoms with van der Waals surface area (Å²) in [6.45, 7) is 5.95. The molecule has 30 heavy (non-hydrogen) atoms. The number of nitrogens with zero attached hydrogens (tertiary/aromatic N) is 5. The first-order valence-electron chi connectivity index (χ1n) is 11.2. The van der Waals surface area contributed by atoms with Gasteiger partial charge >= 0.3 is 0 Å². The summed E-state index contributed by atoms with van der Waals surface area (Å²) < 4.78 is 0. The summed E-state index contributed by atoms with van der Waals surface area (Å²) in [5, 5.41) is 0. The standard InChI is InChI=1S/C23H32N6O/c1-2-28-14-11-18(12-15-28)29(16-10-17-7-5-6-13-25-17)22(30)21-19-8-3-4-9-20(19)26-23(24)27-21/h5-7,13,18H,2-4,8-12,14-16H2,1H3,(H2,24,26,27). The highest BCUT2D eigenvalue weighted by Crippen LogP contribution is 2.26. The summed E-state index contributed by atoms with van der Waals surface area (Å²) in [6.07, 6.45) is 8.44. The lowest BCUT2D eigenvalue weighted by Crippen LogP contribution is -2.48. The number of pyridine rings is 1. The third-order valence-corrected chi connectivity index (χ3v) is 6.44. The molecule has 2 N–H and O–H groups in total. The van der Waals surface area contributed by atoms with Crippen LogP contribution in [0.15, 0.2) is 24.4 Å². The number of likely N-dealkylation sites (tertiary alicyclic amines) is 1. The fourth-order valence-corrected chi connectivity index (χ4v) is 4.70. The van der Waals surface area contributed by atoms with Gasteiger partial charge in [-0.05, 0) is 57.2 Å². The number of piperidine rings is 1. The molecule has 1 saturated heterocycles. The van der Waals surface area contributed by atoms with Crippen molar-refractivity contribution in [2.75, 3.05) is 31.9 Å². The van der Waals surface area contributed by atoms with Crippen molar-refractivity contribution in [2.45, 2.75) is 57.9 Å². The molecule has 2 aliphatic rings. The second kappa shape index (κ2) is 9.51. The van der Waals surface area contributed by atoms with Crippen molar-refractivity contribution < 1.29 is 4.79 Å². The van der Waals surface area contributed by atoms with Crippen molar-refractivity contribution in [1.82, 2.24) is 24.8 Å². The lowest BCUT2D eigenvalue weighted by Gasteiger charge is -2.38.